The molecule has 0 aliphatic rings. The molecule has 0 saturated carbocycles. The van der Waals surface area contributed by atoms with Crippen molar-refractivity contribution in [3.8, 4) is 0 Å². The molecule has 0 rings (SSSR count). The van der Waals surface area contributed by atoms with E-state index in [1.165, 1.54) is 12.6 Å². The van der Waals surface area contributed by atoms with Gasteiger partial charge < -0.3 is 11.5 Å². The van der Waals surface area contributed by atoms with Crippen molar-refractivity contribution in [3.63, 3.8) is 0 Å². The molecule has 0 aromatic heterocycles. The highest BCUT2D eigenvalue weighted by atomic mass is 14.6. The van der Waals surface area contributed by atoms with Crippen molar-refractivity contribution in [3.05, 3.63) is 12.8 Å². The molecule has 4 N–H and O–H groups in total. The van der Waals surface area contributed by atoms with Gasteiger partial charge in [0.2, 0.25) is 0 Å². The summed E-state index contributed by atoms with van der Waals surface area (Å²) in [6.45, 7) is 15.5. The fraction of sp³-hybridized carbons (Fsp3) is 0.818. The predicted molar refractivity (Wildman–Crippen MR) is 65.6 cm³/mol. The Morgan fingerprint density at radius 2 is 1.31 bits per heavy atom. The molecule has 0 heterocycles. The zero-order valence-electron chi connectivity index (χ0n) is 10.4. The molecular formula is C11H30N2. The van der Waals surface area contributed by atoms with Crippen LogP contribution >= 0.6 is 0 Å². The molecule has 1 atom stereocenters. The van der Waals surface area contributed by atoms with E-state index in [1.807, 2.05) is 20.8 Å². The second-order valence-corrected chi connectivity index (χ2v) is 2.33. The zero-order valence-corrected chi connectivity index (χ0v) is 10.4. The minimum atomic E-state index is 0.384. The largest absolute Gasteiger partial charge is 0.405 e. The van der Waals surface area contributed by atoms with E-state index in [0.717, 1.165) is 6.42 Å². The Morgan fingerprint density at radius 1 is 1.23 bits per heavy atom. The molecule has 0 spiro atoms. The van der Waals surface area contributed by atoms with Crippen LogP contribution in [0.4, 0.5) is 0 Å². The predicted octanol–water partition coefficient (Wildman–Crippen LogP) is 3.27. The van der Waals surface area contributed by atoms with Gasteiger partial charge in [0.15, 0.2) is 0 Å². The molecule has 0 radical (unpaired) electrons. The van der Waals surface area contributed by atoms with Gasteiger partial charge in [0.25, 0.3) is 0 Å². The third kappa shape index (κ3) is 461. The Balaban J connectivity index is -0.0000000446. The van der Waals surface area contributed by atoms with Gasteiger partial charge in [-0.2, -0.15) is 0 Å². The normalized spacial score (nSPS) is 8.54. The fourth-order valence-electron chi connectivity index (χ4n) is 0. The number of rotatable bonds is 1. The monoisotopic (exact) mass is 190 g/mol. The third-order valence-electron chi connectivity index (χ3n) is 0.644. The van der Waals surface area contributed by atoms with Gasteiger partial charge in [0, 0.05) is 6.04 Å². The highest BCUT2D eigenvalue weighted by molar-refractivity contribution is 4.48. The highest BCUT2D eigenvalue weighted by Crippen LogP contribution is 1.77. The van der Waals surface area contributed by atoms with Crippen molar-refractivity contribution >= 4 is 0 Å². The first-order valence-corrected chi connectivity index (χ1v) is 5.18. The highest BCUT2D eigenvalue weighted by Gasteiger charge is 1.79. The van der Waals surface area contributed by atoms with Crippen molar-refractivity contribution in [2.75, 3.05) is 0 Å². The van der Waals surface area contributed by atoms with Gasteiger partial charge in [-0.1, -0.05) is 47.6 Å². The number of hydrogen-bond acceptors (Lipinski definition) is 2. The molecule has 0 aliphatic carbocycles. The van der Waals surface area contributed by atoms with Gasteiger partial charge in [-0.05, 0) is 19.5 Å². The molecule has 0 aliphatic heterocycles. The topological polar surface area (TPSA) is 52.0 Å². The summed E-state index contributed by atoms with van der Waals surface area (Å²) >= 11 is 0. The first-order valence-electron chi connectivity index (χ1n) is 5.18. The summed E-state index contributed by atoms with van der Waals surface area (Å²) in [6.07, 6.45) is 3.58. The summed E-state index contributed by atoms with van der Waals surface area (Å²) in [6, 6.07) is 0.384. The van der Waals surface area contributed by atoms with Gasteiger partial charge >= 0.3 is 0 Å². The molecule has 0 fully saturated rings. The van der Waals surface area contributed by atoms with Crippen LogP contribution in [0.2, 0.25) is 0 Å². The Hall–Kier alpha value is -0.500. The van der Waals surface area contributed by atoms with Gasteiger partial charge in [-0.25, -0.2) is 0 Å². The molecule has 0 amide bonds. The molecule has 0 aromatic rings. The molecule has 0 aromatic carbocycles. The standard InChI is InChI=1S/C4H11N.C3H8.C2H5N.C2H6/c1-3-4(2)5;1-3-2;1-2-3;1-2/h4H,3,5H2,1-2H3;3H2,1-2H3;2H,1,3H2;1-2H3. The summed E-state index contributed by atoms with van der Waals surface area (Å²) in [5.41, 5.74) is 9.90. The van der Waals surface area contributed by atoms with Crippen molar-refractivity contribution in [2.24, 2.45) is 11.5 Å². The third-order valence-corrected chi connectivity index (χ3v) is 0.644. The number of nitrogens with two attached hydrogens (primary N) is 2. The molecule has 0 bridgehead atoms. The Labute approximate surface area is 85.4 Å². The van der Waals surface area contributed by atoms with Crippen molar-refractivity contribution in [1.29, 1.82) is 0 Å². The van der Waals surface area contributed by atoms with Crippen molar-refractivity contribution in [2.45, 2.75) is 60.4 Å². The smallest absolute Gasteiger partial charge is 0.000781 e. The van der Waals surface area contributed by atoms with Crippen LogP contribution in [0.5, 0.6) is 0 Å². The minimum absolute atomic E-state index is 0.384. The van der Waals surface area contributed by atoms with E-state index in [0.29, 0.717) is 6.04 Å². The average molecular weight is 190 g/mol. The van der Waals surface area contributed by atoms with Gasteiger partial charge in [0.05, 0.1) is 0 Å². The van der Waals surface area contributed by atoms with Crippen LogP contribution in [0.15, 0.2) is 12.8 Å². The maximum absolute atomic E-state index is 5.29. The molecule has 13 heavy (non-hydrogen) atoms. The molecular weight excluding hydrogens is 160 g/mol. The van der Waals surface area contributed by atoms with E-state index in [2.05, 4.69) is 33.1 Å². The van der Waals surface area contributed by atoms with Gasteiger partial charge in [0.1, 0.15) is 0 Å². The van der Waals surface area contributed by atoms with Crippen LogP contribution < -0.4 is 11.5 Å². The van der Waals surface area contributed by atoms with Crippen molar-refractivity contribution < 1.29 is 0 Å². The van der Waals surface area contributed by atoms with Crippen LogP contribution in [-0.2, 0) is 0 Å². The first kappa shape index (κ1) is 22.9. The van der Waals surface area contributed by atoms with Crippen molar-refractivity contribution in [1.82, 2.24) is 0 Å². The Bertz CT molecular complexity index is 52.1. The molecule has 2 nitrogen and oxygen atoms in total. The first-order chi connectivity index (χ1) is 6.10. The van der Waals surface area contributed by atoms with Crippen LogP contribution in [0.1, 0.15) is 54.4 Å². The maximum atomic E-state index is 5.29. The van der Waals surface area contributed by atoms with E-state index >= 15 is 0 Å². The molecule has 1 unspecified atom stereocenters. The second kappa shape index (κ2) is 41.9. The van der Waals surface area contributed by atoms with Gasteiger partial charge in [-0.3, -0.25) is 0 Å². The lowest BCUT2D eigenvalue weighted by Crippen LogP contribution is -2.11. The summed E-state index contributed by atoms with van der Waals surface area (Å²) in [7, 11) is 0. The Morgan fingerprint density at radius 3 is 1.31 bits per heavy atom. The summed E-state index contributed by atoms with van der Waals surface area (Å²) in [5.74, 6) is 0. The summed E-state index contributed by atoms with van der Waals surface area (Å²) < 4.78 is 0. The van der Waals surface area contributed by atoms with Crippen LogP contribution in [0.25, 0.3) is 0 Å². The molecule has 0 saturated heterocycles. The fourth-order valence-corrected chi connectivity index (χ4v) is 0. The molecule has 2 heteroatoms. The SMILES string of the molecule is C=CN.CC.CCC.CCC(C)N. The quantitative estimate of drug-likeness (QED) is 0.666. The van der Waals surface area contributed by atoms with E-state index in [1.54, 1.807) is 0 Å². The number of hydrogen-bond donors (Lipinski definition) is 2. The minimum Gasteiger partial charge on any atom is -0.405 e. The van der Waals surface area contributed by atoms with E-state index < -0.39 is 0 Å². The zero-order chi connectivity index (χ0) is 11.7. The lowest BCUT2D eigenvalue weighted by molar-refractivity contribution is 0.715. The van der Waals surface area contributed by atoms with Gasteiger partial charge in [-0.15, -0.1) is 0 Å². The van der Waals surface area contributed by atoms with Crippen LogP contribution in [0.3, 0.4) is 0 Å². The summed E-state index contributed by atoms with van der Waals surface area (Å²) in [4.78, 5) is 0. The van der Waals surface area contributed by atoms with E-state index in [-0.39, 0.29) is 0 Å². The maximum Gasteiger partial charge on any atom is 0.000781 e. The summed E-state index contributed by atoms with van der Waals surface area (Å²) in [5, 5.41) is 0. The Kier molecular flexibility index (Phi) is 73.8. The second-order valence-electron chi connectivity index (χ2n) is 2.33. The molecule has 84 valence electrons. The lowest BCUT2D eigenvalue weighted by atomic mass is 10.3. The van der Waals surface area contributed by atoms with E-state index in [4.69, 9.17) is 5.73 Å². The van der Waals surface area contributed by atoms with E-state index in [9.17, 15) is 0 Å². The van der Waals surface area contributed by atoms with Crippen LogP contribution in [0, 0.1) is 0 Å². The lowest BCUT2D eigenvalue weighted by Gasteiger charge is -1.91. The van der Waals surface area contributed by atoms with Crippen LogP contribution in [-0.4, -0.2) is 6.04 Å². The average Bonchev–Trinajstić information content (AvgIpc) is 2.11.